The number of amides is 1. The van der Waals surface area contributed by atoms with Crippen molar-refractivity contribution < 1.29 is 27.9 Å². The molecule has 0 bridgehead atoms. The number of carboxylic acids is 1. The van der Waals surface area contributed by atoms with Gasteiger partial charge in [-0.2, -0.15) is 13.2 Å². The highest BCUT2D eigenvalue weighted by molar-refractivity contribution is 5.96. The largest absolute Gasteiger partial charge is 0.481 e. The van der Waals surface area contributed by atoms with Gasteiger partial charge in [0.15, 0.2) is 0 Å². The number of hydrogen-bond acceptors (Lipinski definition) is 2. The predicted molar refractivity (Wildman–Crippen MR) is 72.5 cm³/mol. The first-order valence-electron chi connectivity index (χ1n) is 6.94. The Morgan fingerprint density at radius 3 is 2.55 bits per heavy atom. The van der Waals surface area contributed by atoms with E-state index in [9.17, 15) is 22.8 Å². The fourth-order valence-corrected chi connectivity index (χ4v) is 2.54. The molecule has 0 radical (unpaired) electrons. The van der Waals surface area contributed by atoms with E-state index in [2.05, 4.69) is 0 Å². The highest BCUT2D eigenvalue weighted by Crippen LogP contribution is 2.25. The molecule has 4 nitrogen and oxygen atoms in total. The lowest BCUT2D eigenvalue weighted by Crippen LogP contribution is -2.30. The lowest BCUT2D eigenvalue weighted by atomic mass is 10.0. The van der Waals surface area contributed by atoms with Gasteiger partial charge in [0.25, 0.3) is 5.91 Å². The molecule has 1 fully saturated rings. The molecule has 1 N–H and O–H groups in total. The van der Waals surface area contributed by atoms with E-state index in [0.29, 0.717) is 18.5 Å². The molecule has 0 aliphatic carbocycles. The Labute approximate surface area is 125 Å². The van der Waals surface area contributed by atoms with Gasteiger partial charge in [-0.1, -0.05) is 18.2 Å². The van der Waals surface area contributed by atoms with Gasteiger partial charge in [-0.25, -0.2) is 0 Å². The van der Waals surface area contributed by atoms with Crippen molar-refractivity contribution >= 4 is 11.9 Å². The minimum Gasteiger partial charge on any atom is -0.481 e. The van der Waals surface area contributed by atoms with Crippen LogP contribution in [-0.4, -0.2) is 41.1 Å². The number of halogens is 3. The third-order valence-corrected chi connectivity index (χ3v) is 3.75. The standard InChI is InChI=1S/C15H16F3NO3/c16-15(17,18)7-5-10-3-1-2-4-12(10)13(20)19-8-6-11(9-19)14(21)22/h1-4,11H,5-9H2,(H,21,22). The molecule has 1 saturated heterocycles. The summed E-state index contributed by atoms with van der Waals surface area (Å²) < 4.78 is 37.1. The van der Waals surface area contributed by atoms with Crippen molar-refractivity contribution in [3.63, 3.8) is 0 Å². The number of hydrogen-bond donors (Lipinski definition) is 1. The van der Waals surface area contributed by atoms with Crippen molar-refractivity contribution in [3.05, 3.63) is 35.4 Å². The number of benzene rings is 1. The highest BCUT2D eigenvalue weighted by Gasteiger charge is 2.32. The average Bonchev–Trinajstić information content (AvgIpc) is 2.94. The number of rotatable bonds is 4. The summed E-state index contributed by atoms with van der Waals surface area (Å²) in [5, 5.41) is 8.95. The van der Waals surface area contributed by atoms with E-state index in [4.69, 9.17) is 5.11 Å². The van der Waals surface area contributed by atoms with Gasteiger partial charge in [0.1, 0.15) is 0 Å². The van der Waals surface area contributed by atoms with Crippen LogP contribution in [0.15, 0.2) is 24.3 Å². The summed E-state index contributed by atoms with van der Waals surface area (Å²) in [6.45, 7) is 0.408. The first-order chi connectivity index (χ1) is 10.3. The van der Waals surface area contributed by atoms with Crippen molar-refractivity contribution in [2.75, 3.05) is 13.1 Å². The molecule has 1 amide bonds. The van der Waals surface area contributed by atoms with Crippen LogP contribution in [0.3, 0.4) is 0 Å². The molecule has 1 aliphatic heterocycles. The van der Waals surface area contributed by atoms with Crippen LogP contribution in [0.1, 0.15) is 28.8 Å². The van der Waals surface area contributed by atoms with Crippen LogP contribution in [-0.2, 0) is 11.2 Å². The maximum atomic E-state index is 12.4. The van der Waals surface area contributed by atoms with E-state index in [0.717, 1.165) is 0 Å². The topological polar surface area (TPSA) is 57.6 Å². The number of carboxylic acid groups (broad SMARTS) is 1. The third kappa shape index (κ3) is 3.99. The second kappa shape index (κ2) is 6.37. The van der Waals surface area contributed by atoms with Crippen molar-refractivity contribution in [1.29, 1.82) is 0 Å². The number of carbonyl (C=O) groups is 2. The minimum absolute atomic E-state index is 0.0990. The van der Waals surface area contributed by atoms with Gasteiger partial charge in [-0.15, -0.1) is 0 Å². The zero-order valence-corrected chi connectivity index (χ0v) is 11.8. The summed E-state index contributed by atoms with van der Waals surface area (Å²) in [7, 11) is 0. The summed E-state index contributed by atoms with van der Waals surface area (Å²) in [4.78, 5) is 24.7. The van der Waals surface area contributed by atoms with Crippen LogP contribution in [0, 0.1) is 5.92 Å². The summed E-state index contributed by atoms with van der Waals surface area (Å²) in [6.07, 6.45) is -5.17. The van der Waals surface area contributed by atoms with Crippen LogP contribution in [0.25, 0.3) is 0 Å². The van der Waals surface area contributed by atoms with Crippen LogP contribution in [0.4, 0.5) is 13.2 Å². The van der Waals surface area contributed by atoms with Gasteiger partial charge in [-0.05, 0) is 24.5 Å². The van der Waals surface area contributed by atoms with E-state index in [-0.39, 0.29) is 18.5 Å². The predicted octanol–water partition coefficient (Wildman–Crippen LogP) is 2.73. The van der Waals surface area contributed by atoms with Gasteiger partial charge in [0, 0.05) is 25.1 Å². The lowest BCUT2D eigenvalue weighted by molar-refractivity contribution is -0.141. The molecule has 120 valence electrons. The third-order valence-electron chi connectivity index (χ3n) is 3.75. The Hall–Kier alpha value is -2.05. The van der Waals surface area contributed by atoms with Crippen LogP contribution in [0.2, 0.25) is 0 Å². The van der Waals surface area contributed by atoms with Gasteiger partial charge < -0.3 is 10.0 Å². The van der Waals surface area contributed by atoms with E-state index in [1.807, 2.05) is 0 Å². The van der Waals surface area contributed by atoms with Gasteiger partial charge in [-0.3, -0.25) is 9.59 Å². The molecule has 0 aromatic heterocycles. The summed E-state index contributed by atoms with van der Waals surface area (Å²) >= 11 is 0. The maximum Gasteiger partial charge on any atom is 0.389 e. The number of carbonyl (C=O) groups excluding carboxylic acids is 1. The number of nitrogens with zero attached hydrogens (tertiary/aromatic N) is 1. The van der Waals surface area contributed by atoms with E-state index in [1.54, 1.807) is 12.1 Å². The smallest absolute Gasteiger partial charge is 0.389 e. The second-order valence-electron chi connectivity index (χ2n) is 5.35. The number of alkyl halides is 3. The number of aryl methyl sites for hydroxylation is 1. The molecule has 0 spiro atoms. The molecule has 1 unspecified atom stereocenters. The zero-order valence-electron chi connectivity index (χ0n) is 11.8. The molecular formula is C15H16F3NO3. The van der Waals surface area contributed by atoms with E-state index >= 15 is 0 Å². The van der Waals surface area contributed by atoms with Crippen molar-refractivity contribution in [3.8, 4) is 0 Å². The molecule has 2 rings (SSSR count). The Morgan fingerprint density at radius 2 is 1.95 bits per heavy atom. The monoisotopic (exact) mass is 315 g/mol. The maximum absolute atomic E-state index is 12.4. The SMILES string of the molecule is O=C(O)C1CCN(C(=O)c2ccccc2CCC(F)(F)F)C1. The number of aliphatic carboxylic acids is 1. The highest BCUT2D eigenvalue weighted by atomic mass is 19.4. The molecule has 1 aliphatic rings. The first-order valence-corrected chi connectivity index (χ1v) is 6.94. The fourth-order valence-electron chi connectivity index (χ4n) is 2.54. The van der Waals surface area contributed by atoms with Crippen LogP contribution in [0.5, 0.6) is 0 Å². The molecule has 1 aromatic rings. The van der Waals surface area contributed by atoms with Crippen molar-refractivity contribution in [1.82, 2.24) is 4.90 Å². The lowest BCUT2D eigenvalue weighted by Gasteiger charge is -2.18. The Morgan fingerprint density at radius 1 is 1.27 bits per heavy atom. The fraction of sp³-hybridized carbons (Fsp3) is 0.467. The summed E-state index contributed by atoms with van der Waals surface area (Å²) in [5.41, 5.74) is 0.557. The number of likely N-dealkylation sites (tertiary alicyclic amines) is 1. The Kier molecular flexibility index (Phi) is 4.73. The van der Waals surface area contributed by atoms with Crippen LogP contribution < -0.4 is 0 Å². The minimum atomic E-state index is -4.28. The van der Waals surface area contributed by atoms with Crippen molar-refractivity contribution in [2.24, 2.45) is 5.92 Å². The molecule has 0 saturated carbocycles. The quantitative estimate of drug-likeness (QED) is 0.929. The van der Waals surface area contributed by atoms with E-state index < -0.39 is 30.4 Å². The van der Waals surface area contributed by atoms with Crippen molar-refractivity contribution in [2.45, 2.75) is 25.4 Å². The molecule has 22 heavy (non-hydrogen) atoms. The van der Waals surface area contributed by atoms with Gasteiger partial charge >= 0.3 is 12.1 Å². The van der Waals surface area contributed by atoms with Crippen LogP contribution >= 0.6 is 0 Å². The summed E-state index contributed by atoms with van der Waals surface area (Å²) in [5.74, 6) is -1.96. The van der Waals surface area contributed by atoms with Gasteiger partial charge in [0.05, 0.1) is 5.92 Å². The molecule has 7 heteroatoms. The Bertz CT molecular complexity index is 571. The molecular weight excluding hydrogens is 299 g/mol. The molecule has 1 atom stereocenters. The molecule has 1 aromatic carbocycles. The Balaban J connectivity index is 2.12. The summed E-state index contributed by atoms with van der Waals surface area (Å²) in [6, 6.07) is 6.17. The zero-order chi connectivity index (χ0) is 16.3. The average molecular weight is 315 g/mol. The normalized spacial score (nSPS) is 18.5. The van der Waals surface area contributed by atoms with Gasteiger partial charge in [0.2, 0.25) is 0 Å². The molecule has 1 heterocycles. The second-order valence-corrected chi connectivity index (χ2v) is 5.35. The first kappa shape index (κ1) is 16.3. The van der Waals surface area contributed by atoms with E-state index in [1.165, 1.54) is 17.0 Å².